The maximum Gasteiger partial charge on any atom is 0.181 e. The molecule has 0 bridgehead atoms. The van der Waals surface area contributed by atoms with Crippen LogP contribution in [0.4, 0.5) is 0 Å². The van der Waals surface area contributed by atoms with Gasteiger partial charge >= 0.3 is 0 Å². The molecule has 120 valence electrons. The Morgan fingerprint density at radius 1 is 0.920 bits per heavy atom. The van der Waals surface area contributed by atoms with Crippen LogP contribution < -0.4 is 0 Å². The number of aromatic amines is 2. The number of rotatable bonds is 2. The Morgan fingerprint density at radius 3 is 2.72 bits per heavy atom. The highest BCUT2D eigenvalue weighted by molar-refractivity contribution is 5.95. The molecule has 2 N–H and O–H groups in total. The van der Waals surface area contributed by atoms with Crippen LogP contribution in [0, 0.1) is 6.92 Å². The molecule has 0 aliphatic heterocycles. The summed E-state index contributed by atoms with van der Waals surface area (Å²) >= 11 is 0. The molecule has 5 rings (SSSR count). The lowest BCUT2D eigenvalue weighted by Crippen LogP contribution is -1.85. The van der Waals surface area contributed by atoms with Crippen molar-refractivity contribution in [3.05, 3.63) is 60.8 Å². The third kappa shape index (κ3) is 2.27. The van der Waals surface area contributed by atoms with Gasteiger partial charge in [0.25, 0.3) is 0 Å². The number of H-pyrrole nitrogens is 2. The summed E-state index contributed by atoms with van der Waals surface area (Å²) in [5.74, 6) is 0. The van der Waals surface area contributed by atoms with Crippen molar-refractivity contribution >= 4 is 21.9 Å². The van der Waals surface area contributed by atoms with Crippen molar-refractivity contribution < 1.29 is 0 Å². The van der Waals surface area contributed by atoms with Gasteiger partial charge in [0.2, 0.25) is 0 Å². The summed E-state index contributed by atoms with van der Waals surface area (Å²) in [6.45, 7) is 2.03. The van der Waals surface area contributed by atoms with Gasteiger partial charge in [0.05, 0.1) is 11.4 Å². The van der Waals surface area contributed by atoms with E-state index in [1.54, 1.807) is 6.20 Å². The molecule has 0 saturated carbocycles. The molecule has 0 aromatic carbocycles. The summed E-state index contributed by atoms with van der Waals surface area (Å²) in [7, 11) is 0. The van der Waals surface area contributed by atoms with Gasteiger partial charge in [0, 0.05) is 58.4 Å². The van der Waals surface area contributed by atoms with Gasteiger partial charge in [0.15, 0.2) is 5.65 Å². The largest absolute Gasteiger partial charge is 0.353 e. The summed E-state index contributed by atoms with van der Waals surface area (Å²) < 4.78 is 0. The Morgan fingerprint density at radius 2 is 1.84 bits per heavy atom. The average molecular weight is 326 g/mol. The van der Waals surface area contributed by atoms with Crippen molar-refractivity contribution in [1.82, 2.24) is 30.1 Å². The molecule has 0 saturated heterocycles. The minimum absolute atomic E-state index is 0.691. The molecule has 5 heterocycles. The molecule has 0 amide bonds. The quantitative estimate of drug-likeness (QED) is 0.516. The van der Waals surface area contributed by atoms with Crippen LogP contribution >= 0.6 is 0 Å². The Balaban J connectivity index is 1.70. The van der Waals surface area contributed by atoms with Crippen molar-refractivity contribution in [1.29, 1.82) is 0 Å². The van der Waals surface area contributed by atoms with Crippen LogP contribution in [-0.4, -0.2) is 30.1 Å². The SMILES string of the molecule is Cc1cncc(-c2cnc3n[nH]c(-c4cc5cnccc5[nH]4)c3c2)c1. The summed E-state index contributed by atoms with van der Waals surface area (Å²) in [6, 6.07) is 8.22. The molecule has 5 aromatic rings. The van der Waals surface area contributed by atoms with Crippen molar-refractivity contribution in [2.24, 2.45) is 0 Å². The fourth-order valence-corrected chi connectivity index (χ4v) is 3.08. The molecule has 0 aliphatic rings. The first-order chi connectivity index (χ1) is 12.3. The smallest absolute Gasteiger partial charge is 0.181 e. The van der Waals surface area contributed by atoms with Gasteiger partial charge in [-0.3, -0.25) is 15.1 Å². The topological polar surface area (TPSA) is 83.1 Å². The van der Waals surface area contributed by atoms with Crippen molar-refractivity contribution in [2.75, 3.05) is 0 Å². The van der Waals surface area contributed by atoms with E-state index in [2.05, 4.69) is 48.3 Å². The van der Waals surface area contributed by atoms with E-state index in [9.17, 15) is 0 Å². The van der Waals surface area contributed by atoms with Gasteiger partial charge in [-0.05, 0) is 36.8 Å². The van der Waals surface area contributed by atoms with E-state index in [4.69, 9.17) is 0 Å². The lowest BCUT2D eigenvalue weighted by atomic mass is 10.1. The van der Waals surface area contributed by atoms with Gasteiger partial charge in [-0.2, -0.15) is 5.10 Å². The van der Waals surface area contributed by atoms with Gasteiger partial charge in [0.1, 0.15) is 0 Å². The van der Waals surface area contributed by atoms with E-state index < -0.39 is 0 Å². The predicted octanol–water partition coefficient (Wildman–Crippen LogP) is 3.87. The third-order valence-corrected chi connectivity index (χ3v) is 4.31. The first-order valence-electron chi connectivity index (χ1n) is 7.97. The monoisotopic (exact) mass is 326 g/mol. The minimum atomic E-state index is 0.691. The van der Waals surface area contributed by atoms with Crippen molar-refractivity contribution in [2.45, 2.75) is 6.92 Å². The molecule has 0 radical (unpaired) electrons. The zero-order valence-electron chi connectivity index (χ0n) is 13.5. The molecule has 0 spiro atoms. The normalized spacial score (nSPS) is 11.4. The number of hydrogen-bond acceptors (Lipinski definition) is 4. The fourth-order valence-electron chi connectivity index (χ4n) is 3.08. The van der Waals surface area contributed by atoms with E-state index in [1.807, 2.05) is 37.8 Å². The number of nitrogens with zero attached hydrogens (tertiary/aromatic N) is 4. The van der Waals surface area contributed by atoms with E-state index >= 15 is 0 Å². The lowest BCUT2D eigenvalue weighted by molar-refractivity contribution is 1.10. The standard InChI is InChI=1S/C19H14N6/c1-11-4-12(8-21-7-11)13-5-15-18(24-25-19(15)22-10-13)17-6-14-9-20-3-2-16(14)23-17/h2-10,23H,1H3,(H,22,24,25). The van der Waals surface area contributed by atoms with Crippen LogP contribution in [-0.2, 0) is 0 Å². The number of hydrogen-bond donors (Lipinski definition) is 2. The van der Waals surface area contributed by atoms with Crippen LogP contribution in [0.5, 0.6) is 0 Å². The zero-order chi connectivity index (χ0) is 16.8. The molecule has 5 aromatic heterocycles. The zero-order valence-corrected chi connectivity index (χ0v) is 13.5. The molecule has 0 unspecified atom stereocenters. The van der Waals surface area contributed by atoms with E-state index in [-0.39, 0.29) is 0 Å². The van der Waals surface area contributed by atoms with Gasteiger partial charge in [-0.25, -0.2) is 4.98 Å². The predicted molar refractivity (Wildman–Crippen MR) is 96.9 cm³/mol. The van der Waals surface area contributed by atoms with E-state index in [0.717, 1.165) is 44.4 Å². The highest BCUT2D eigenvalue weighted by Gasteiger charge is 2.13. The van der Waals surface area contributed by atoms with Crippen molar-refractivity contribution in [3.8, 4) is 22.5 Å². The van der Waals surface area contributed by atoms with Crippen LogP contribution in [0.25, 0.3) is 44.5 Å². The van der Waals surface area contributed by atoms with Gasteiger partial charge < -0.3 is 4.98 Å². The molecule has 0 aliphatic carbocycles. The lowest BCUT2D eigenvalue weighted by Gasteiger charge is -2.02. The number of fused-ring (bicyclic) bond motifs is 2. The average Bonchev–Trinajstić information content (AvgIpc) is 3.24. The number of aromatic nitrogens is 6. The fraction of sp³-hybridized carbons (Fsp3) is 0.0526. The number of pyridine rings is 3. The number of nitrogens with one attached hydrogen (secondary N) is 2. The highest BCUT2D eigenvalue weighted by atomic mass is 15.2. The molecular formula is C19H14N6. The van der Waals surface area contributed by atoms with Crippen LogP contribution in [0.15, 0.2) is 55.2 Å². The molecule has 0 fully saturated rings. The van der Waals surface area contributed by atoms with Gasteiger partial charge in [-0.1, -0.05) is 0 Å². The Bertz CT molecular complexity index is 1180. The Labute approximate surface area is 143 Å². The second-order valence-corrected chi connectivity index (χ2v) is 6.09. The van der Waals surface area contributed by atoms with E-state index in [0.29, 0.717) is 5.65 Å². The summed E-state index contributed by atoms with van der Waals surface area (Å²) in [5.41, 5.74) is 6.79. The second kappa shape index (κ2) is 5.24. The maximum atomic E-state index is 4.49. The summed E-state index contributed by atoms with van der Waals surface area (Å²) in [6.07, 6.45) is 9.15. The first kappa shape index (κ1) is 13.9. The van der Waals surface area contributed by atoms with E-state index in [1.165, 1.54) is 0 Å². The number of aryl methyl sites for hydroxylation is 1. The van der Waals surface area contributed by atoms with Gasteiger partial charge in [-0.15, -0.1) is 0 Å². The summed E-state index contributed by atoms with van der Waals surface area (Å²) in [5, 5.41) is 9.46. The minimum Gasteiger partial charge on any atom is -0.353 e. The highest BCUT2D eigenvalue weighted by Crippen LogP contribution is 2.30. The van der Waals surface area contributed by atoms with Crippen molar-refractivity contribution in [3.63, 3.8) is 0 Å². The summed E-state index contributed by atoms with van der Waals surface area (Å²) in [4.78, 5) is 16.3. The van der Waals surface area contributed by atoms with Crippen LogP contribution in [0.3, 0.4) is 0 Å². The molecular weight excluding hydrogens is 312 g/mol. The maximum absolute atomic E-state index is 4.49. The molecule has 6 heteroatoms. The first-order valence-corrected chi connectivity index (χ1v) is 7.97. The Hall–Kier alpha value is -3.54. The van der Waals surface area contributed by atoms with Crippen LogP contribution in [0.2, 0.25) is 0 Å². The molecule has 25 heavy (non-hydrogen) atoms. The molecule has 6 nitrogen and oxygen atoms in total. The molecule has 0 atom stereocenters. The third-order valence-electron chi connectivity index (χ3n) is 4.31. The van der Waals surface area contributed by atoms with Crippen LogP contribution in [0.1, 0.15) is 5.56 Å². The Kier molecular flexibility index (Phi) is 2.90. The second-order valence-electron chi connectivity index (χ2n) is 6.09.